The summed E-state index contributed by atoms with van der Waals surface area (Å²) in [6, 6.07) is 8.79. The van der Waals surface area contributed by atoms with Gasteiger partial charge in [0.2, 0.25) is 5.95 Å². The third-order valence-electron chi connectivity index (χ3n) is 3.43. The minimum atomic E-state index is -0.393. The molecule has 0 fully saturated rings. The van der Waals surface area contributed by atoms with Gasteiger partial charge in [-0.25, -0.2) is 9.20 Å². The van der Waals surface area contributed by atoms with Crippen LogP contribution in [-0.2, 0) is 0 Å². The number of rotatable bonds is 3. The van der Waals surface area contributed by atoms with E-state index < -0.39 is 5.91 Å². The van der Waals surface area contributed by atoms with Crippen molar-refractivity contribution in [3.05, 3.63) is 60.4 Å². The summed E-state index contributed by atoms with van der Waals surface area (Å²) in [6.07, 6.45) is 5.00. The molecule has 0 saturated carbocycles. The molecule has 0 radical (unpaired) electrons. The van der Waals surface area contributed by atoms with E-state index in [-0.39, 0.29) is 11.7 Å². The topological polar surface area (TPSA) is 90.2 Å². The standard InChI is InChI=1S/C15H12N6O2/c1-10-11(20-8-3-7-16-20)5-6-13-17-15(19-21(10)13)18-14(22)12-4-2-9-23-12/h2-9H,1H3,(H,18,19,22). The molecular weight excluding hydrogens is 296 g/mol. The van der Waals surface area contributed by atoms with Crippen molar-refractivity contribution in [1.82, 2.24) is 24.4 Å². The largest absolute Gasteiger partial charge is 0.459 e. The summed E-state index contributed by atoms with van der Waals surface area (Å²) < 4.78 is 8.46. The van der Waals surface area contributed by atoms with Crippen LogP contribution in [0.15, 0.2) is 53.4 Å². The molecule has 1 amide bonds. The lowest BCUT2D eigenvalue weighted by atomic mass is 10.3. The van der Waals surface area contributed by atoms with Gasteiger partial charge in [-0.1, -0.05) is 0 Å². The van der Waals surface area contributed by atoms with Crippen molar-refractivity contribution in [2.45, 2.75) is 6.92 Å². The monoisotopic (exact) mass is 308 g/mol. The number of aryl methyl sites for hydroxylation is 1. The minimum absolute atomic E-state index is 0.206. The van der Waals surface area contributed by atoms with E-state index in [1.54, 1.807) is 27.5 Å². The first-order chi connectivity index (χ1) is 11.2. The van der Waals surface area contributed by atoms with E-state index in [2.05, 4.69) is 20.5 Å². The number of furan rings is 1. The maximum atomic E-state index is 12.0. The van der Waals surface area contributed by atoms with Crippen LogP contribution < -0.4 is 5.32 Å². The average molecular weight is 308 g/mol. The van der Waals surface area contributed by atoms with Gasteiger partial charge in [-0.15, -0.1) is 5.10 Å². The number of nitrogens with one attached hydrogen (secondary N) is 1. The molecule has 0 aliphatic heterocycles. The van der Waals surface area contributed by atoms with Gasteiger partial charge in [0.1, 0.15) is 0 Å². The van der Waals surface area contributed by atoms with Crippen LogP contribution in [0.3, 0.4) is 0 Å². The van der Waals surface area contributed by atoms with Crippen LogP contribution in [0.1, 0.15) is 16.2 Å². The summed E-state index contributed by atoms with van der Waals surface area (Å²) in [5, 5.41) is 11.2. The van der Waals surface area contributed by atoms with Crippen LogP contribution in [0, 0.1) is 6.92 Å². The second kappa shape index (κ2) is 5.09. The smallest absolute Gasteiger partial charge is 0.293 e. The van der Waals surface area contributed by atoms with Crippen molar-refractivity contribution in [2.24, 2.45) is 0 Å². The van der Waals surface area contributed by atoms with Gasteiger partial charge in [0.05, 0.1) is 17.6 Å². The second-order valence-electron chi connectivity index (χ2n) is 4.89. The summed E-state index contributed by atoms with van der Waals surface area (Å²) in [5.74, 6) is 0.0285. The molecule has 8 nitrogen and oxygen atoms in total. The Kier molecular flexibility index (Phi) is 2.94. The number of carbonyl (C=O) groups excluding carboxylic acids is 1. The Morgan fingerprint density at radius 2 is 2.17 bits per heavy atom. The van der Waals surface area contributed by atoms with Crippen molar-refractivity contribution in [3.8, 4) is 5.69 Å². The first kappa shape index (κ1) is 13.3. The van der Waals surface area contributed by atoms with Crippen LogP contribution in [0.5, 0.6) is 0 Å². The summed E-state index contributed by atoms with van der Waals surface area (Å²) in [5.41, 5.74) is 2.38. The fraction of sp³-hybridized carbons (Fsp3) is 0.0667. The summed E-state index contributed by atoms with van der Waals surface area (Å²) in [4.78, 5) is 16.3. The van der Waals surface area contributed by atoms with Crippen LogP contribution in [0.2, 0.25) is 0 Å². The second-order valence-corrected chi connectivity index (χ2v) is 4.89. The number of aromatic nitrogens is 5. The van der Waals surface area contributed by atoms with Gasteiger partial charge in [-0.05, 0) is 37.3 Å². The lowest BCUT2D eigenvalue weighted by molar-refractivity contribution is 0.0996. The van der Waals surface area contributed by atoms with Crippen molar-refractivity contribution >= 4 is 17.5 Å². The molecule has 4 aromatic rings. The molecule has 4 rings (SSSR count). The zero-order valence-electron chi connectivity index (χ0n) is 12.2. The number of hydrogen-bond donors (Lipinski definition) is 1. The predicted molar refractivity (Wildman–Crippen MR) is 81.5 cm³/mol. The van der Waals surface area contributed by atoms with Gasteiger partial charge in [0, 0.05) is 12.4 Å². The molecule has 4 heterocycles. The number of amides is 1. The molecule has 0 aliphatic rings. The van der Waals surface area contributed by atoms with E-state index in [0.29, 0.717) is 5.65 Å². The van der Waals surface area contributed by atoms with Crippen LogP contribution in [0.4, 0.5) is 5.95 Å². The fourth-order valence-electron chi connectivity index (χ4n) is 2.34. The summed E-state index contributed by atoms with van der Waals surface area (Å²) in [7, 11) is 0. The first-order valence-corrected chi connectivity index (χ1v) is 6.93. The number of hydrogen-bond acceptors (Lipinski definition) is 5. The zero-order valence-corrected chi connectivity index (χ0v) is 12.2. The fourth-order valence-corrected chi connectivity index (χ4v) is 2.34. The van der Waals surface area contributed by atoms with E-state index in [4.69, 9.17) is 4.42 Å². The Morgan fingerprint density at radius 1 is 1.26 bits per heavy atom. The van der Waals surface area contributed by atoms with Crippen LogP contribution in [0.25, 0.3) is 11.3 Å². The minimum Gasteiger partial charge on any atom is -0.459 e. The molecule has 0 spiro atoms. The lowest BCUT2D eigenvalue weighted by Crippen LogP contribution is -2.12. The number of pyridine rings is 1. The predicted octanol–water partition coefficient (Wildman–Crippen LogP) is 2.07. The van der Waals surface area contributed by atoms with Gasteiger partial charge in [-0.3, -0.25) is 10.1 Å². The Balaban J connectivity index is 1.71. The average Bonchev–Trinajstić information content (AvgIpc) is 3.29. The maximum Gasteiger partial charge on any atom is 0.293 e. The number of carbonyl (C=O) groups is 1. The highest BCUT2D eigenvalue weighted by Gasteiger charge is 2.14. The Bertz CT molecular complexity index is 969. The van der Waals surface area contributed by atoms with Crippen molar-refractivity contribution in [1.29, 1.82) is 0 Å². The van der Waals surface area contributed by atoms with Gasteiger partial charge in [0.15, 0.2) is 11.4 Å². The highest BCUT2D eigenvalue weighted by atomic mass is 16.3. The maximum absolute atomic E-state index is 12.0. The molecule has 23 heavy (non-hydrogen) atoms. The lowest BCUT2D eigenvalue weighted by Gasteiger charge is -2.06. The highest BCUT2D eigenvalue weighted by Crippen LogP contribution is 2.16. The quantitative estimate of drug-likeness (QED) is 0.625. The van der Waals surface area contributed by atoms with Crippen molar-refractivity contribution in [3.63, 3.8) is 0 Å². The van der Waals surface area contributed by atoms with Crippen molar-refractivity contribution in [2.75, 3.05) is 5.32 Å². The highest BCUT2D eigenvalue weighted by molar-refractivity contribution is 6.01. The molecule has 0 atom stereocenters. The molecule has 0 saturated heterocycles. The molecule has 8 heteroatoms. The van der Waals surface area contributed by atoms with Crippen LogP contribution in [-0.4, -0.2) is 30.3 Å². The molecule has 0 bridgehead atoms. The third-order valence-corrected chi connectivity index (χ3v) is 3.43. The number of anilines is 1. The normalized spacial score (nSPS) is 11.0. The van der Waals surface area contributed by atoms with Crippen LogP contribution >= 0.6 is 0 Å². The summed E-state index contributed by atoms with van der Waals surface area (Å²) >= 11 is 0. The first-order valence-electron chi connectivity index (χ1n) is 6.93. The van der Waals surface area contributed by atoms with Gasteiger partial charge >= 0.3 is 0 Å². The summed E-state index contributed by atoms with van der Waals surface area (Å²) in [6.45, 7) is 1.91. The van der Waals surface area contributed by atoms with Gasteiger partial charge in [-0.2, -0.15) is 10.1 Å². The molecule has 114 valence electrons. The van der Waals surface area contributed by atoms with E-state index in [1.165, 1.54) is 6.26 Å². The van der Waals surface area contributed by atoms with Gasteiger partial charge < -0.3 is 4.42 Å². The van der Waals surface area contributed by atoms with Crippen molar-refractivity contribution < 1.29 is 9.21 Å². The van der Waals surface area contributed by atoms with E-state index in [0.717, 1.165) is 11.4 Å². The molecule has 0 aliphatic carbocycles. The molecule has 0 unspecified atom stereocenters. The SMILES string of the molecule is Cc1c(-n2cccn2)ccc2nc(NC(=O)c3ccco3)nn12. The molecule has 1 N–H and O–H groups in total. The van der Waals surface area contributed by atoms with E-state index in [1.807, 2.05) is 31.3 Å². The molecular formula is C15H12N6O2. The van der Waals surface area contributed by atoms with Gasteiger partial charge in [0.25, 0.3) is 5.91 Å². The Labute approximate surface area is 130 Å². The Hall–Kier alpha value is -3.42. The number of fused-ring (bicyclic) bond motifs is 1. The molecule has 0 aromatic carbocycles. The molecule has 4 aromatic heterocycles. The Morgan fingerprint density at radius 3 is 2.91 bits per heavy atom. The van der Waals surface area contributed by atoms with E-state index in [9.17, 15) is 4.79 Å². The third kappa shape index (κ3) is 2.26. The number of nitrogens with zero attached hydrogens (tertiary/aromatic N) is 5. The van der Waals surface area contributed by atoms with E-state index >= 15 is 0 Å². The zero-order chi connectivity index (χ0) is 15.8.